The zero-order valence-corrected chi connectivity index (χ0v) is 12.7. The van der Waals surface area contributed by atoms with Crippen LogP contribution in [0.2, 0.25) is 0 Å². The highest BCUT2D eigenvalue weighted by atomic mass is 35.5. The Morgan fingerprint density at radius 2 is 2.11 bits per heavy atom. The monoisotopic (exact) mass is 290 g/mol. The van der Waals surface area contributed by atoms with E-state index in [0.717, 1.165) is 32.4 Å². The Bertz CT molecular complexity index is 293. The Morgan fingerprint density at radius 3 is 2.68 bits per heavy atom. The molecule has 2 N–H and O–H groups in total. The van der Waals surface area contributed by atoms with E-state index in [9.17, 15) is 4.79 Å². The highest BCUT2D eigenvalue weighted by Crippen LogP contribution is 2.33. The van der Waals surface area contributed by atoms with Crippen molar-refractivity contribution in [1.29, 1.82) is 0 Å². The summed E-state index contributed by atoms with van der Waals surface area (Å²) in [6.07, 6.45) is 5.15. The number of piperidine rings is 1. The molecule has 0 radical (unpaired) electrons. The first-order valence-electron chi connectivity index (χ1n) is 7.29. The molecule has 19 heavy (non-hydrogen) atoms. The second-order valence-electron chi connectivity index (χ2n) is 5.76. The molecule has 1 atom stereocenters. The minimum Gasteiger partial charge on any atom is -0.381 e. The van der Waals surface area contributed by atoms with Crippen molar-refractivity contribution in [3.05, 3.63) is 0 Å². The summed E-state index contributed by atoms with van der Waals surface area (Å²) in [5.74, 6) is 0.962. The van der Waals surface area contributed by atoms with Crippen LogP contribution in [-0.2, 0) is 9.53 Å². The van der Waals surface area contributed by atoms with Crippen molar-refractivity contribution in [2.24, 2.45) is 17.1 Å². The number of hydrogen-bond acceptors (Lipinski definition) is 3. The summed E-state index contributed by atoms with van der Waals surface area (Å²) in [6, 6.07) is 0. The Balaban J connectivity index is 0.00000180. The van der Waals surface area contributed by atoms with E-state index < -0.39 is 0 Å². The summed E-state index contributed by atoms with van der Waals surface area (Å²) in [4.78, 5) is 14.8. The van der Waals surface area contributed by atoms with Crippen molar-refractivity contribution in [2.75, 3.05) is 32.8 Å². The minimum absolute atomic E-state index is 0. The maximum Gasteiger partial charge on any atom is 0.230 e. The van der Waals surface area contributed by atoms with Crippen LogP contribution in [0.15, 0.2) is 0 Å². The first-order chi connectivity index (χ1) is 8.72. The van der Waals surface area contributed by atoms with E-state index in [1.165, 1.54) is 12.8 Å². The van der Waals surface area contributed by atoms with Crippen LogP contribution in [0.25, 0.3) is 0 Å². The third-order valence-electron chi connectivity index (χ3n) is 4.68. The molecule has 5 heteroatoms. The normalized spacial score (nSPS) is 26.6. The summed E-state index contributed by atoms with van der Waals surface area (Å²) >= 11 is 0. The van der Waals surface area contributed by atoms with E-state index >= 15 is 0 Å². The molecule has 1 amide bonds. The summed E-state index contributed by atoms with van der Waals surface area (Å²) in [5.41, 5.74) is 5.57. The van der Waals surface area contributed by atoms with Gasteiger partial charge in [-0.3, -0.25) is 4.79 Å². The third-order valence-corrected chi connectivity index (χ3v) is 4.68. The summed E-state index contributed by atoms with van der Waals surface area (Å²) in [7, 11) is 0. The van der Waals surface area contributed by atoms with E-state index in [4.69, 9.17) is 10.5 Å². The van der Waals surface area contributed by atoms with Crippen LogP contribution in [0.5, 0.6) is 0 Å². The standard InChI is InChI=1S/C14H26N2O2.ClH/c1-2-12-4-3-7-16(10-12)13(17)14(11-15)5-8-18-9-6-14;/h12H,2-11,15H2,1H3;1H. The van der Waals surface area contributed by atoms with Crippen molar-refractivity contribution in [3.63, 3.8) is 0 Å². The highest BCUT2D eigenvalue weighted by molar-refractivity contribution is 5.85. The van der Waals surface area contributed by atoms with E-state index in [2.05, 4.69) is 11.8 Å². The van der Waals surface area contributed by atoms with Gasteiger partial charge in [-0.05, 0) is 31.6 Å². The fourth-order valence-electron chi connectivity index (χ4n) is 3.19. The van der Waals surface area contributed by atoms with Gasteiger partial charge in [-0.2, -0.15) is 0 Å². The van der Waals surface area contributed by atoms with Crippen LogP contribution >= 0.6 is 12.4 Å². The molecule has 0 aromatic rings. The van der Waals surface area contributed by atoms with Crippen LogP contribution in [0, 0.1) is 11.3 Å². The quantitative estimate of drug-likeness (QED) is 0.862. The molecule has 2 rings (SSSR count). The molecule has 2 aliphatic rings. The maximum atomic E-state index is 12.8. The molecular weight excluding hydrogens is 264 g/mol. The van der Waals surface area contributed by atoms with Crippen LogP contribution in [0.4, 0.5) is 0 Å². The van der Waals surface area contributed by atoms with Gasteiger partial charge in [-0.15, -0.1) is 12.4 Å². The van der Waals surface area contributed by atoms with Gasteiger partial charge in [-0.25, -0.2) is 0 Å². The molecule has 2 saturated heterocycles. The first kappa shape index (κ1) is 16.7. The SMILES string of the molecule is CCC1CCCN(C(=O)C2(CN)CCOCC2)C1.Cl. The number of halogens is 1. The average molecular weight is 291 g/mol. The lowest BCUT2D eigenvalue weighted by Crippen LogP contribution is -2.53. The van der Waals surface area contributed by atoms with Gasteiger partial charge in [-0.1, -0.05) is 13.3 Å². The topological polar surface area (TPSA) is 55.6 Å². The number of carbonyl (C=O) groups is 1. The number of carbonyl (C=O) groups excluding carboxylic acids is 1. The van der Waals surface area contributed by atoms with Gasteiger partial charge in [0.05, 0.1) is 5.41 Å². The van der Waals surface area contributed by atoms with E-state index in [1.807, 2.05) is 0 Å². The number of nitrogens with two attached hydrogens (primary N) is 1. The lowest BCUT2D eigenvalue weighted by Gasteiger charge is -2.41. The van der Waals surface area contributed by atoms with E-state index in [-0.39, 0.29) is 23.7 Å². The molecular formula is C14H27ClN2O2. The van der Waals surface area contributed by atoms with Gasteiger partial charge in [0.1, 0.15) is 0 Å². The molecule has 1 unspecified atom stereocenters. The van der Waals surface area contributed by atoms with Crippen LogP contribution < -0.4 is 5.73 Å². The fourth-order valence-corrected chi connectivity index (χ4v) is 3.19. The molecule has 0 aliphatic carbocycles. The Morgan fingerprint density at radius 1 is 1.42 bits per heavy atom. The van der Waals surface area contributed by atoms with E-state index in [1.54, 1.807) is 0 Å². The molecule has 0 aromatic heterocycles. The molecule has 0 spiro atoms. The number of likely N-dealkylation sites (tertiary alicyclic amines) is 1. The van der Waals surface area contributed by atoms with Gasteiger partial charge in [0.15, 0.2) is 0 Å². The third kappa shape index (κ3) is 3.61. The Labute approximate surface area is 122 Å². The lowest BCUT2D eigenvalue weighted by atomic mass is 9.78. The number of nitrogens with zero attached hydrogens (tertiary/aromatic N) is 1. The Hall–Kier alpha value is -0.320. The zero-order chi connectivity index (χ0) is 13.0. The predicted molar refractivity (Wildman–Crippen MR) is 78.4 cm³/mol. The summed E-state index contributed by atoms with van der Waals surface area (Å²) < 4.78 is 5.38. The second-order valence-corrected chi connectivity index (χ2v) is 5.76. The van der Waals surface area contributed by atoms with Crippen LogP contribution in [-0.4, -0.2) is 43.7 Å². The van der Waals surface area contributed by atoms with Crippen molar-refractivity contribution in [1.82, 2.24) is 4.90 Å². The number of rotatable bonds is 3. The van der Waals surface area contributed by atoms with Crippen molar-refractivity contribution in [2.45, 2.75) is 39.0 Å². The van der Waals surface area contributed by atoms with Crippen molar-refractivity contribution >= 4 is 18.3 Å². The van der Waals surface area contributed by atoms with Gasteiger partial charge in [0.25, 0.3) is 0 Å². The van der Waals surface area contributed by atoms with Gasteiger partial charge >= 0.3 is 0 Å². The first-order valence-corrected chi connectivity index (χ1v) is 7.29. The molecule has 112 valence electrons. The summed E-state index contributed by atoms with van der Waals surface area (Å²) in [5, 5.41) is 0. The van der Waals surface area contributed by atoms with Crippen LogP contribution in [0.3, 0.4) is 0 Å². The lowest BCUT2D eigenvalue weighted by molar-refractivity contribution is -0.149. The molecule has 2 aliphatic heterocycles. The smallest absolute Gasteiger partial charge is 0.230 e. The zero-order valence-electron chi connectivity index (χ0n) is 11.9. The molecule has 0 saturated carbocycles. The van der Waals surface area contributed by atoms with Gasteiger partial charge in [0.2, 0.25) is 5.91 Å². The average Bonchev–Trinajstić information content (AvgIpc) is 2.47. The predicted octanol–water partition coefficient (Wildman–Crippen LogP) is 1.81. The van der Waals surface area contributed by atoms with Crippen molar-refractivity contribution in [3.8, 4) is 0 Å². The second kappa shape index (κ2) is 7.46. The Kier molecular flexibility index (Phi) is 6.57. The number of amides is 1. The fraction of sp³-hybridized carbons (Fsp3) is 0.929. The molecule has 0 aromatic carbocycles. The number of hydrogen-bond donors (Lipinski definition) is 1. The van der Waals surface area contributed by atoms with Crippen molar-refractivity contribution < 1.29 is 9.53 Å². The van der Waals surface area contributed by atoms with Gasteiger partial charge in [0, 0.05) is 32.8 Å². The molecule has 4 nitrogen and oxygen atoms in total. The van der Waals surface area contributed by atoms with Gasteiger partial charge < -0.3 is 15.4 Å². The molecule has 0 bridgehead atoms. The molecule has 2 heterocycles. The summed E-state index contributed by atoms with van der Waals surface area (Å²) in [6.45, 7) is 5.87. The van der Waals surface area contributed by atoms with E-state index in [0.29, 0.717) is 25.7 Å². The molecule has 2 fully saturated rings. The van der Waals surface area contributed by atoms with Crippen LogP contribution in [0.1, 0.15) is 39.0 Å². The maximum absolute atomic E-state index is 12.8. The highest BCUT2D eigenvalue weighted by Gasteiger charge is 2.42. The largest absolute Gasteiger partial charge is 0.381 e. The minimum atomic E-state index is -0.339. The number of ether oxygens (including phenoxy) is 1.